The van der Waals surface area contributed by atoms with Crippen LogP contribution in [-0.4, -0.2) is 42.4 Å². The molecule has 0 saturated carbocycles. The number of carbonyl (C=O) groups excluding carboxylic acids is 1. The Kier molecular flexibility index (Phi) is 3.16. The number of tetrazole rings is 1. The van der Waals surface area contributed by atoms with Crippen molar-refractivity contribution in [2.45, 2.75) is 13.5 Å². The molecular formula is C13H14N6O. The molecule has 3 heterocycles. The molecule has 0 unspecified atom stereocenters. The number of pyridine rings is 1. The Morgan fingerprint density at radius 1 is 1.40 bits per heavy atom. The highest BCUT2D eigenvalue weighted by Gasteiger charge is 2.16. The normalized spacial score (nSPS) is 10.8. The Bertz CT molecular complexity index is 717. The van der Waals surface area contributed by atoms with E-state index in [1.807, 2.05) is 48.0 Å². The molecule has 20 heavy (non-hydrogen) atoms. The quantitative estimate of drug-likeness (QED) is 0.770. The fourth-order valence-electron chi connectivity index (χ4n) is 2.10. The van der Waals surface area contributed by atoms with Gasteiger partial charge < -0.3 is 9.30 Å². The zero-order valence-electron chi connectivity index (χ0n) is 11.0. The van der Waals surface area contributed by atoms with Gasteiger partial charge in [-0.05, 0) is 31.2 Å². The Morgan fingerprint density at radius 3 is 3.05 bits per heavy atom. The van der Waals surface area contributed by atoms with E-state index in [2.05, 4.69) is 20.6 Å². The maximum Gasteiger partial charge on any atom is 0.254 e. The summed E-state index contributed by atoms with van der Waals surface area (Å²) in [5.41, 5.74) is 1.65. The van der Waals surface area contributed by atoms with Crippen molar-refractivity contribution < 1.29 is 4.79 Å². The SMILES string of the molecule is CCN(Cc1nn[nH]n1)C(=O)c1ccn2cccc2c1. The molecule has 0 aliphatic heterocycles. The summed E-state index contributed by atoms with van der Waals surface area (Å²) in [4.78, 5) is 14.2. The van der Waals surface area contributed by atoms with Gasteiger partial charge in [0.05, 0.1) is 6.54 Å². The number of aromatic nitrogens is 5. The first-order valence-corrected chi connectivity index (χ1v) is 6.36. The molecule has 3 aromatic heterocycles. The van der Waals surface area contributed by atoms with E-state index in [0.29, 0.717) is 24.5 Å². The minimum absolute atomic E-state index is 0.0407. The van der Waals surface area contributed by atoms with Crippen LogP contribution in [0.1, 0.15) is 23.1 Å². The molecule has 0 spiro atoms. The third-order valence-electron chi connectivity index (χ3n) is 3.17. The number of nitrogens with one attached hydrogen (secondary N) is 1. The standard InChI is InChI=1S/C13H14N6O/c1-2-18(9-12-14-16-17-15-12)13(20)10-5-7-19-6-3-4-11(19)8-10/h3-8H,2,9H2,1H3,(H,14,15,16,17). The number of amides is 1. The molecule has 0 fully saturated rings. The highest BCUT2D eigenvalue weighted by Crippen LogP contribution is 2.11. The Morgan fingerprint density at radius 2 is 2.30 bits per heavy atom. The summed E-state index contributed by atoms with van der Waals surface area (Å²) < 4.78 is 1.96. The van der Waals surface area contributed by atoms with Gasteiger partial charge in [-0.3, -0.25) is 4.79 Å². The zero-order chi connectivity index (χ0) is 13.9. The molecule has 7 nitrogen and oxygen atoms in total. The number of aromatic amines is 1. The lowest BCUT2D eigenvalue weighted by atomic mass is 10.2. The van der Waals surface area contributed by atoms with E-state index in [4.69, 9.17) is 0 Å². The van der Waals surface area contributed by atoms with E-state index in [9.17, 15) is 4.79 Å². The third kappa shape index (κ3) is 2.25. The number of nitrogens with zero attached hydrogens (tertiary/aromatic N) is 5. The highest BCUT2D eigenvalue weighted by molar-refractivity contribution is 5.95. The number of carbonyl (C=O) groups is 1. The number of H-pyrrole nitrogens is 1. The van der Waals surface area contributed by atoms with E-state index in [1.165, 1.54) is 0 Å². The topological polar surface area (TPSA) is 79.2 Å². The van der Waals surface area contributed by atoms with Crippen molar-refractivity contribution in [1.29, 1.82) is 0 Å². The summed E-state index contributed by atoms with van der Waals surface area (Å²) in [5, 5.41) is 13.6. The largest absolute Gasteiger partial charge is 0.331 e. The molecule has 0 radical (unpaired) electrons. The number of hydrogen-bond acceptors (Lipinski definition) is 4. The third-order valence-corrected chi connectivity index (χ3v) is 3.17. The van der Waals surface area contributed by atoms with Crippen molar-refractivity contribution in [1.82, 2.24) is 29.9 Å². The Hall–Kier alpha value is -2.70. The first-order valence-electron chi connectivity index (χ1n) is 6.36. The van der Waals surface area contributed by atoms with Crippen molar-refractivity contribution >= 4 is 11.4 Å². The van der Waals surface area contributed by atoms with Crippen LogP contribution in [0.15, 0.2) is 36.7 Å². The van der Waals surface area contributed by atoms with E-state index < -0.39 is 0 Å². The fraction of sp³-hybridized carbons (Fsp3) is 0.231. The van der Waals surface area contributed by atoms with Crippen LogP contribution in [0.5, 0.6) is 0 Å². The highest BCUT2D eigenvalue weighted by atomic mass is 16.2. The second kappa shape index (κ2) is 5.12. The van der Waals surface area contributed by atoms with Gasteiger partial charge >= 0.3 is 0 Å². The molecule has 0 aliphatic carbocycles. The second-order valence-corrected chi connectivity index (χ2v) is 4.40. The van der Waals surface area contributed by atoms with E-state index in [1.54, 1.807) is 4.90 Å². The van der Waals surface area contributed by atoms with Crippen molar-refractivity contribution in [3.8, 4) is 0 Å². The van der Waals surface area contributed by atoms with Crippen molar-refractivity contribution in [3.05, 3.63) is 48.0 Å². The predicted octanol–water partition coefficient (Wildman–Crippen LogP) is 1.11. The number of hydrogen-bond donors (Lipinski definition) is 1. The molecular weight excluding hydrogens is 256 g/mol. The number of fused-ring (bicyclic) bond motifs is 1. The van der Waals surface area contributed by atoms with Gasteiger partial charge in [-0.2, -0.15) is 5.21 Å². The van der Waals surface area contributed by atoms with Crippen LogP contribution >= 0.6 is 0 Å². The van der Waals surface area contributed by atoms with Crippen LogP contribution in [0, 0.1) is 0 Å². The molecule has 3 aromatic rings. The Labute approximate surface area is 115 Å². The lowest BCUT2D eigenvalue weighted by Gasteiger charge is -2.19. The lowest BCUT2D eigenvalue weighted by Crippen LogP contribution is -2.30. The molecule has 0 bridgehead atoms. The van der Waals surface area contributed by atoms with Gasteiger partial charge in [-0.1, -0.05) is 5.21 Å². The summed E-state index contributed by atoms with van der Waals surface area (Å²) in [7, 11) is 0. The van der Waals surface area contributed by atoms with E-state index in [0.717, 1.165) is 5.52 Å². The molecule has 0 saturated heterocycles. The van der Waals surface area contributed by atoms with Gasteiger partial charge in [0, 0.05) is 30.0 Å². The summed E-state index contributed by atoms with van der Waals surface area (Å²) >= 11 is 0. The predicted molar refractivity (Wildman–Crippen MR) is 72.0 cm³/mol. The molecule has 3 rings (SSSR count). The summed E-state index contributed by atoms with van der Waals surface area (Å²) in [6.07, 6.45) is 3.82. The van der Waals surface area contributed by atoms with Crippen molar-refractivity contribution in [3.63, 3.8) is 0 Å². The van der Waals surface area contributed by atoms with Crippen LogP contribution < -0.4 is 0 Å². The van der Waals surface area contributed by atoms with Gasteiger partial charge in [0.25, 0.3) is 5.91 Å². The van der Waals surface area contributed by atoms with Crippen LogP contribution in [0.3, 0.4) is 0 Å². The molecule has 1 amide bonds. The van der Waals surface area contributed by atoms with Crippen LogP contribution in [0.4, 0.5) is 0 Å². The first kappa shape index (κ1) is 12.3. The minimum atomic E-state index is -0.0407. The van der Waals surface area contributed by atoms with E-state index >= 15 is 0 Å². The average Bonchev–Trinajstić information content (AvgIpc) is 3.14. The van der Waals surface area contributed by atoms with E-state index in [-0.39, 0.29) is 5.91 Å². The van der Waals surface area contributed by atoms with Gasteiger partial charge in [0.2, 0.25) is 0 Å². The van der Waals surface area contributed by atoms with Crippen LogP contribution in [0.25, 0.3) is 5.52 Å². The molecule has 0 aromatic carbocycles. The van der Waals surface area contributed by atoms with Crippen LogP contribution in [-0.2, 0) is 6.54 Å². The second-order valence-electron chi connectivity index (χ2n) is 4.40. The van der Waals surface area contributed by atoms with Crippen molar-refractivity contribution in [2.24, 2.45) is 0 Å². The fourth-order valence-corrected chi connectivity index (χ4v) is 2.10. The molecule has 1 N–H and O–H groups in total. The van der Waals surface area contributed by atoms with Crippen molar-refractivity contribution in [2.75, 3.05) is 6.54 Å². The molecule has 7 heteroatoms. The number of rotatable bonds is 4. The van der Waals surface area contributed by atoms with Crippen LogP contribution in [0.2, 0.25) is 0 Å². The van der Waals surface area contributed by atoms with Gasteiger partial charge in [-0.15, -0.1) is 10.2 Å². The molecule has 0 atom stereocenters. The van der Waals surface area contributed by atoms with Gasteiger partial charge in [0.15, 0.2) is 5.82 Å². The Balaban J connectivity index is 1.85. The first-order chi connectivity index (χ1) is 9.78. The minimum Gasteiger partial charge on any atom is -0.331 e. The summed E-state index contributed by atoms with van der Waals surface area (Å²) in [6.45, 7) is 2.85. The maximum atomic E-state index is 12.5. The zero-order valence-corrected chi connectivity index (χ0v) is 11.0. The monoisotopic (exact) mass is 270 g/mol. The van der Waals surface area contributed by atoms with Gasteiger partial charge in [-0.25, -0.2) is 0 Å². The molecule has 102 valence electrons. The summed E-state index contributed by atoms with van der Waals surface area (Å²) in [6, 6.07) is 7.60. The average molecular weight is 270 g/mol. The maximum absolute atomic E-state index is 12.5. The molecule has 0 aliphatic rings. The smallest absolute Gasteiger partial charge is 0.254 e. The summed E-state index contributed by atoms with van der Waals surface area (Å²) in [5.74, 6) is 0.463. The van der Waals surface area contributed by atoms with Gasteiger partial charge in [0.1, 0.15) is 0 Å². The lowest BCUT2D eigenvalue weighted by molar-refractivity contribution is 0.0748.